The zero-order valence-corrected chi connectivity index (χ0v) is 11.3. The van der Waals surface area contributed by atoms with Gasteiger partial charge in [0, 0.05) is 26.2 Å². The topological polar surface area (TPSA) is 67.6 Å². The van der Waals surface area contributed by atoms with Crippen LogP contribution in [0.15, 0.2) is 0 Å². The van der Waals surface area contributed by atoms with Crippen molar-refractivity contribution in [3.8, 4) is 0 Å². The maximum Gasteiger partial charge on any atom is 0.236 e. The molecule has 1 aliphatic heterocycles. The molecule has 0 saturated carbocycles. The highest BCUT2D eigenvalue weighted by molar-refractivity contribution is 7.98. The third kappa shape index (κ3) is 6.26. The van der Waals surface area contributed by atoms with Crippen LogP contribution in [0.5, 0.6) is 0 Å². The van der Waals surface area contributed by atoms with Gasteiger partial charge in [-0.1, -0.05) is 0 Å². The van der Waals surface area contributed by atoms with E-state index in [1.165, 1.54) is 0 Å². The average Bonchev–Trinajstić information content (AvgIpc) is 2.37. The van der Waals surface area contributed by atoms with E-state index in [2.05, 4.69) is 10.2 Å². The van der Waals surface area contributed by atoms with E-state index in [9.17, 15) is 4.79 Å². The molecule has 6 heteroatoms. The Labute approximate surface area is 107 Å². The molecule has 0 aromatic rings. The summed E-state index contributed by atoms with van der Waals surface area (Å²) in [7, 11) is 0. The number of nitrogens with zero attached hydrogens (tertiary/aromatic N) is 1. The van der Waals surface area contributed by atoms with Crippen LogP contribution in [-0.2, 0) is 9.53 Å². The third-order valence-corrected chi connectivity index (χ3v) is 3.44. The Balaban J connectivity index is 2.06. The first-order valence-corrected chi connectivity index (χ1v) is 7.45. The summed E-state index contributed by atoms with van der Waals surface area (Å²) in [6.45, 7) is 5.04. The molecule has 0 aromatic heterocycles. The van der Waals surface area contributed by atoms with Gasteiger partial charge in [0.2, 0.25) is 5.91 Å². The van der Waals surface area contributed by atoms with E-state index in [4.69, 9.17) is 10.5 Å². The van der Waals surface area contributed by atoms with Gasteiger partial charge in [0.25, 0.3) is 0 Å². The van der Waals surface area contributed by atoms with Gasteiger partial charge in [-0.25, -0.2) is 0 Å². The predicted octanol–water partition coefficient (Wildman–Crippen LogP) is -0.485. The molecular formula is C11H23N3O2S. The lowest BCUT2D eigenvalue weighted by Crippen LogP contribution is -2.45. The fourth-order valence-corrected chi connectivity index (χ4v) is 2.16. The maximum absolute atomic E-state index is 11.6. The summed E-state index contributed by atoms with van der Waals surface area (Å²) in [6, 6.07) is -0.368. The molecule has 17 heavy (non-hydrogen) atoms. The fourth-order valence-electron chi connectivity index (χ4n) is 1.67. The number of ether oxygens (including phenoxy) is 1. The normalized spacial score (nSPS) is 18.9. The van der Waals surface area contributed by atoms with E-state index < -0.39 is 0 Å². The number of morpholine rings is 1. The second-order valence-electron chi connectivity index (χ2n) is 4.13. The van der Waals surface area contributed by atoms with E-state index >= 15 is 0 Å². The monoisotopic (exact) mass is 261 g/mol. The van der Waals surface area contributed by atoms with Crippen molar-refractivity contribution in [2.45, 2.75) is 12.5 Å². The second-order valence-corrected chi connectivity index (χ2v) is 5.12. The molecule has 1 fully saturated rings. The highest BCUT2D eigenvalue weighted by atomic mass is 32.2. The largest absolute Gasteiger partial charge is 0.379 e. The fraction of sp³-hybridized carbons (Fsp3) is 0.909. The van der Waals surface area contributed by atoms with E-state index in [-0.39, 0.29) is 11.9 Å². The minimum atomic E-state index is -0.368. The third-order valence-electron chi connectivity index (χ3n) is 2.80. The number of nitrogens with two attached hydrogens (primary N) is 1. The van der Waals surface area contributed by atoms with Crippen molar-refractivity contribution in [2.24, 2.45) is 5.73 Å². The SMILES string of the molecule is CSCC[C@H](N)C(=O)NCCN1CCOCC1. The van der Waals surface area contributed by atoms with Crippen LogP contribution in [0, 0.1) is 0 Å². The van der Waals surface area contributed by atoms with Crippen molar-refractivity contribution in [2.75, 3.05) is 51.4 Å². The summed E-state index contributed by atoms with van der Waals surface area (Å²) in [5.41, 5.74) is 5.76. The van der Waals surface area contributed by atoms with Crippen LogP contribution in [0.1, 0.15) is 6.42 Å². The lowest BCUT2D eigenvalue weighted by molar-refractivity contribution is -0.122. The van der Waals surface area contributed by atoms with Crippen molar-refractivity contribution in [3.63, 3.8) is 0 Å². The molecule has 3 N–H and O–H groups in total. The molecule has 0 aromatic carbocycles. The van der Waals surface area contributed by atoms with Crippen LogP contribution in [-0.4, -0.2) is 68.3 Å². The molecular weight excluding hydrogens is 238 g/mol. The van der Waals surface area contributed by atoms with E-state index in [1.54, 1.807) is 11.8 Å². The van der Waals surface area contributed by atoms with Crippen LogP contribution >= 0.6 is 11.8 Å². The molecule has 0 bridgehead atoms. The highest BCUT2D eigenvalue weighted by Gasteiger charge is 2.13. The molecule has 0 unspecified atom stereocenters. The van der Waals surface area contributed by atoms with Crippen LogP contribution in [0.2, 0.25) is 0 Å². The minimum absolute atomic E-state index is 0.0349. The number of hydrogen-bond donors (Lipinski definition) is 2. The lowest BCUT2D eigenvalue weighted by atomic mass is 10.2. The Hall–Kier alpha value is -0.300. The number of thioether (sulfide) groups is 1. The molecule has 1 atom stereocenters. The van der Waals surface area contributed by atoms with Gasteiger partial charge in [-0.15, -0.1) is 0 Å². The van der Waals surface area contributed by atoms with E-state index in [0.29, 0.717) is 6.54 Å². The number of carbonyl (C=O) groups excluding carboxylic acids is 1. The van der Waals surface area contributed by atoms with E-state index in [0.717, 1.165) is 45.0 Å². The van der Waals surface area contributed by atoms with Crippen LogP contribution < -0.4 is 11.1 Å². The summed E-state index contributed by atoms with van der Waals surface area (Å²) >= 11 is 1.71. The molecule has 1 saturated heterocycles. The predicted molar refractivity (Wildman–Crippen MR) is 71.2 cm³/mol. The molecule has 0 spiro atoms. The number of hydrogen-bond acceptors (Lipinski definition) is 5. The van der Waals surface area contributed by atoms with Crippen molar-refractivity contribution in [3.05, 3.63) is 0 Å². The Kier molecular flexibility index (Phi) is 7.59. The molecule has 1 amide bonds. The minimum Gasteiger partial charge on any atom is -0.379 e. The Bertz CT molecular complexity index is 223. The van der Waals surface area contributed by atoms with E-state index in [1.807, 2.05) is 6.26 Å². The molecule has 1 rings (SSSR count). The van der Waals surface area contributed by atoms with Crippen molar-refractivity contribution >= 4 is 17.7 Å². The molecule has 1 aliphatic rings. The number of amides is 1. The smallest absolute Gasteiger partial charge is 0.236 e. The molecule has 5 nitrogen and oxygen atoms in total. The van der Waals surface area contributed by atoms with Gasteiger partial charge in [-0.2, -0.15) is 11.8 Å². The van der Waals surface area contributed by atoms with Crippen molar-refractivity contribution in [1.82, 2.24) is 10.2 Å². The molecule has 0 radical (unpaired) electrons. The first kappa shape index (κ1) is 14.8. The van der Waals surface area contributed by atoms with Crippen LogP contribution in [0.3, 0.4) is 0 Å². The van der Waals surface area contributed by atoms with Gasteiger partial charge >= 0.3 is 0 Å². The van der Waals surface area contributed by atoms with Crippen molar-refractivity contribution in [1.29, 1.82) is 0 Å². The zero-order chi connectivity index (χ0) is 12.5. The standard InChI is InChI=1S/C11H23N3O2S/c1-17-9-2-10(12)11(15)13-3-4-14-5-7-16-8-6-14/h10H,2-9,12H2,1H3,(H,13,15)/t10-/m0/s1. The molecule has 100 valence electrons. The van der Waals surface area contributed by atoms with Gasteiger partial charge in [0.15, 0.2) is 0 Å². The van der Waals surface area contributed by atoms with Gasteiger partial charge in [0.1, 0.15) is 0 Å². The van der Waals surface area contributed by atoms with Crippen molar-refractivity contribution < 1.29 is 9.53 Å². The summed E-state index contributed by atoms with van der Waals surface area (Å²) in [6.07, 6.45) is 2.76. The lowest BCUT2D eigenvalue weighted by Gasteiger charge is -2.26. The number of rotatable bonds is 7. The quantitative estimate of drug-likeness (QED) is 0.648. The van der Waals surface area contributed by atoms with Crippen LogP contribution in [0.25, 0.3) is 0 Å². The Morgan fingerprint density at radius 3 is 2.88 bits per heavy atom. The zero-order valence-electron chi connectivity index (χ0n) is 10.5. The number of nitrogens with one attached hydrogen (secondary N) is 1. The highest BCUT2D eigenvalue weighted by Crippen LogP contribution is 1.99. The summed E-state index contributed by atoms with van der Waals surface area (Å²) < 4.78 is 5.26. The summed E-state index contributed by atoms with van der Waals surface area (Å²) in [5, 5.41) is 2.88. The molecule has 1 heterocycles. The van der Waals surface area contributed by atoms with Gasteiger partial charge in [-0.3, -0.25) is 9.69 Å². The Morgan fingerprint density at radius 1 is 1.53 bits per heavy atom. The number of carbonyl (C=O) groups is 1. The first-order valence-electron chi connectivity index (χ1n) is 6.06. The Morgan fingerprint density at radius 2 is 2.24 bits per heavy atom. The van der Waals surface area contributed by atoms with Gasteiger partial charge in [-0.05, 0) is 18.4 Å². The van der Waals surface area contributed by atoms with Crippen LogP contribution in [0.4, 0.5) is 0 Å². The maximum atomic E-state index is 11.6. The summed E-state index contributed by atoms with van der Waals surface area (Å²) in [5.74, 6) is 0.894. The first-order chi connectivity index (χ1) is 8.24. The second kappa shape index (κ2) is 8.74. The van der Waals surface area contributed by atoms with Gasteiger partial charge < -0.3 is 15.8 Å². The van der Waals surface area contributed by atoms with Gasteiger partial charge in [0.05, 0.1) is 19.3 Å². The molecule has 0 aliphatic carbocycles. The average molecular weight is 261 g/mol. The summed E-state index contributed by atoms with van der Waals surface area (Å²) in [4.78, 5) is 13.9.